The topological polar surface area (TPSA) is 71.6 Å². The first-order valence-corrected chi connectivity index (χ1v) is 13.1. The van der Waals surface area contributed by atoms with Crippen LogP contribution in [0.3, 0.4) is 0 Å². The maximum atomic E-state index is 13.3. The third-order valence-corrected chi connectivity index (χ3v) is 7.83. The Morgan fingerprint density at radius 1 is 1.21 bits per heavy atom. The van der Waals surface area contributed by atoms with E-state index in [4.69, 9.17) is 9.47 Å². The number of benzene rings is 1. The van der Waals surface area contributed by atoms with E-state index in [9.17, 15) is 9.59 Å². The molecule has 6 nitrogen and oxygen atoms in total. The van der Waals surface area contributed by atoms with Gasteiger partial charge in [-0.15, -0.1) is 11.3 Å². The lowest BCUT2D eigenvalue weighted by atomic mass is 9.95. The lowest BCUT2D eigenvalue weighted by molar-refractivity contribution is -0.143. The fourth-order valence-corrected chi connectivity index (χ4v) is 6.09. The van der Waals surface area contributed by atoms with Crippen LogP contribution >= 0.6 is 27.3 Å². The van der Waals surface area contributed by atoms with Gasteiger partial charge in [0.1, 0.15) is 11.8 Å². The van der Waals surface area contributed by atoms with E-state index in [2.05, 4.69) is 38.4 Å². The zero-order valence-electron chi connectivity index (χ0n) is 19.0. The van der Waals surface area contributed by atoms with Crippen LogP contribution in [0.4, 0.5) is 0 Å². The number of thiophene rings is 1. The summed E-state index contributed by atoms with van der Waals surface area (Å²) in [6.07, 6.45) is 4.06. The first-order chi connectivity index (χ1) is 16.0. The number of esters is 1. The zero-order valence-corrected chi connectivity index (χ0v) is 21.4. The highest BCUT2D eigenvalue weighted by Crippen LogP contribution is 2.42. The van der Waals surface area contributed by atoms with Crippen LogP contribution in [0.5, 0.6) is 5.75 Å². The number of rotatable bonds is 9. The minimum Gasteiger partial charge on any atom is -0.497 e. The van der Waals surface area contributed by atoms with Crippen LogP contribution in [0.1, 0.15) is 61.2 Å². The van der Waals surface area contributed by atoms with Gasteiger partial charge in [0.2, 0.25) is 5.91 Å². The van der Waals surface area contributed by atoms with Crippen molar-refractivity contribution in [1.29, 1.82) is 0 Å². The molecule has 1 unspecified atom stereocenters. The van der Waals surface area contributed by atoms with Crippen molar-refractivity contribution in [2.24, 2.45) is 0 Å². The number of nitrogens with one attached hydrogen (secondary N) is 1. The van der Waals surface area contributed by atoms with Crippen molar-refractivity contribution in [3.63, 3.8) is 0 Å². The van der Waals surface area contributed by atoms with E-state index < -0.39 is 0 Å². The number of hydrogen-bond donors (Lipinski definition) is 1. The Labute approximate surface area is 206 Å². The molecule has 33 heavy (non-hydrogen) atoms. The monoisotopic (exact) mass is 532 g/mol. The summed E-state index contributed by atoms with van der Waals surface area (Å²) < 4.78 is 11.4. The molecule has 1 atom stereocenters. The Balaban J connectivity index is 1.52. The van der Waals surface area contributed by atoms with Gasteiger partial charge in [-0.3, -0.25) is 9.59 Å². The molecule has 2 aromatic heterocycles. The number of aromatic nitrogens is 1. The molecule has 8 heteroatoms. The average molecular weight is 533 g/mol. The van der Waals surface area contributed by atoms with Crippen molar-refractivity contribution in [2.75, 3.05) is 20.3 Å². The number of halogens is 1. The third-order valence-electron chi connectivity index (χ3n) is 6.09. The lowest BCUT2D eigenvalue weighted by Gasteiger charge is -2.35. The molecular weight excluding hydrogens is 504 g/mol. The van der Waals surface area contributed by atoms with Crippen LogP contribution in [0.2, 0.25) is 0 Å². The van der Waals surface area contributed by atoms with E-state index in [0.717, 1.165) is 57.4 Å². The van der Waals surface area contributed by atoms with E-state index in [1.54, 1.807) is 18.4 Å². The van der Waals surface area contributed by atoms with Crippen molar-refractivity contribution >= 4 is 50.0 Å². The quantitative estimate of drug-likeness (QED) is 0.271. The molecule has 176 valence electrons. The molecular formula is C25H29BrN2O4S. The number of nitrogens with zero attached hydrogens (tertiary/aromatic N) is 1. The van der Waals surface area contributed by atoms with Gasteiger partial charge in [-0.1, -0.05) is 6.42 Å². The van der Waals surface area contributed by atoms with Gasteiger partial charge in [-0.2, -0.15) is 0 Å². The number of amides is 1. The minimum absolute atomic E-state index is 0.129. The van der Waals surface area contributed by atoms with Crippen molar-refractivity contribution in [1.82, 2.24) is 9.88 Å². The average Bonchev–Trinajstić information content (AvgIpc) is 3.40. The molecule has 1 aliphatic heterocycles. The summed E-state index contributed by atoms with van der Waals surface area (Å²) >= 11 is 5.23. The number of carbonyl (C=O) groups excluding carboxylic acids is 2. The molecule has 0 aliphatic carbocycles. The highest BCUT2D eigenvalue weighted by Gasteiger charge is 2.35. The van der Waals surface area contributed by atoms with Crippen molar-refractivity contribution in [3.8, 4) is 5.75 Å². The van der Waals surface area contributed by atoms with Crippen molar-refractivity contribution < 1.29 is 19.1 Å². The smallest absolute Gasteiger partial charge is 0.305 e. The van der Waals surface area contributed by atoms with Crippen molar-refractivity contribution in [3.05, 3.63) is 50.3 Å². The summed E-state index contributed by atoms with van der Waals surface area (Å²) in [5.41, 5.74) is 3.42. The number of methoxy groups -OCH3 is 1. The van der Waals surface area contributed by atoms with E-state index in [1.807, 2.05) is 24.0 Å². The fraction of sp³-hybridized carbons (Fsp3) is 0.440. The molecule has 1 amide bonds. The number of hydrogen-bond acceptors (Lipinski definition) is 5. The minimum atomic E-state index is -0.161. The molecule has 1 N–H and O–H groups in total. The first-order valence-electron chi connectivity index (χ1n) is 11.4. The largest absolute Gasteiger partial charge is 0.497 e. The number of H-pyrrole nitrogens is 1. The third kappa shape index (κ3) is 5.27. The second-order valence-electron chi connectivity index (χ2n) is 8.20. The molecule has 0 bridgehead atoms. The molecule has 0 saturated heterocycles. The van der Waals surface area contributed by atoms with Gasteiger partial charge in [0.05, 0.1) is 13.7 Å². The van der Waals surface area contributed by atoms with Gasteiger partial charge in [-0.05, 0) is 71.9 Å². The van der Waals surface area contributed by atoms with Crippen LogP contribution in [-0.2, 0) is 20.7 Å². The zero-order chi connectivity index (χ0) is 23.4. The van der Waals surface area contributed by atoms with Crippen LogP contribution in [0, 0.1) is 0 Å². The van der Waals surface area contributed by atoms with Crippen molar-refractivity contribution in [2.45, 2.75) is 51.5 Å². The van der Waals surface area contributed by atoms with Crippen LogP contribution in [0.25, 0.3) is 10.9 Å². The summed E-state index contributed by atoms with van der Waals surface area (Å²) in [6, 6.07) is 8.06. The molecule has 0 spiro atoms. The van der Waals surface area contributed by atoms with Crippen LogP contribution in [0.15, 0.2) is 34.1 Å². The Kier molecular flexibility index (Phi) is 7.75. The Bertz CT molecular complexity index is 1140. The maximum Gasteiger partial charge on any atom is 0.305 e. The SMILES string of the molecule is CCOC(=O)CCCCCC(=O)N1CCc2c([nH]c3ccc(OC)cc23)C1c1cc(Br)cs1. The standard InChI is InChI=1S/C25H29BrN2O4S/c1-3-32-23(30)8-6-4-5-7-22(29)28-12-11-18-19-14-17(31-2)9-10-20(19)27-24(18)25(28)21-13-16(26)15-33-21/h9-10,13-15,25,27H,3-8,11-12H2,1-2H3. The first kappa shape index (κ1) is 23.8. The van der Waals surface area contributed by atoms with Gasteiger partial charge >= 0.3 is 5.97 Å². The van der Waals surface area contributed by atoms with Gasteiger partial charge in [0.25, 0.3) is 0 Å². The Morgan fingerprint density at radius 2 is 2.03 bits per heavy atom. The van der Waals surface area contributed by atoms with Gasteiger partial charge in [-0.25, -0.2) is 0 Å². The predicted molar refractivity (Wildman–Crippen MR) is 134 cm³/mol. The highest BCUT2D eigenvalue weighted by atomic mass is 79.9. The summed E-state index contributed by atoms with van der Waals surface area (Å²) in [5, 5.41) is 3.23. The van der Waals surface area contributed by atoms with E-state index in [0.29, 0.717) is 26.0 Å². The molecule has 0 saturated carbocycles. The predicted octanol–water partition coefficient (Wildman–Crippen LogP) is 5.99. The van der Waals surface area contributed by atoms with Crippen LogP contribution in [-0.4, -0.2) is 42.0 Å². The van der Waals surface area contributed by atoms with Gasteiger partial charge < -0.3 is 19.4 Å². The molecule has 3 heterocycles. The molecule has 4 rings (SSSR count). The summed E-state index contributed by atoms with van der Waals surface area (Å²) in [4.78, 5) is 31.6. The van der Waals surface area contributed by atoms with Crippen LogP contribution < -0.4 is 4.74 Å². The number of fused-ring (bicyclic) bond motifs is 3. The molecule has 1 aromatic carbocycles. The normalized spacial score (nSPS) is 15.5. The number of ether oxygens (including phenoxy) is 2. The second-order valence-corrected chi connectivity index (χ2v) is 10.1. The second kappa shape index (κ2) is 10.7. The van der Waals surface area contributed by atoms with E-state index in [1.165, 1.54) is 5.56 Å². The molecule has 0 radical (unpaired) electrons. The molecule has 1 aliphatic rings. The van der Waals surface area contributed by atoms with Gasteiger partial charge in [0, 0.05) is 50.7 Å². The summed E-state index contributed by atoms with van der Waals surface area (Å²) in [6.45, 7) is 2.90. The maximum absolute atomic E-state index is 13.3. The highest BCUT2D eigenvalue weighted by molar-refractivity contribution is 9.10. The number of aromatic amines is 1. The fourth-order valence-electron chi connectivity index (χ4n) is 4.53. The number of carbonyl (C=O) groups is 2. The summed E-state index contributed by atoms with van der Waals surface area (Å²) in [5.74, 6) is 0.828. The summed E-state index contributed by atoms with van der Waals surface area (Å²) in [7, 11) is 1.68. The van der Waals surface area contributed by atoms with Gasteiger partial charge in [0.15, 0.2) is 0 Å². The van der Waals surface area contributed by atoms with E-state index in [-0.39, 0.29) is 17.9 Å². The lowest BCUT2D eigenvalue weighted by Crippen LogP contribution is -2.40. The molecule has 3 aromatic rings. The number of unbranched alkanes of at least 4 members (excludes halogenated alkanes) is 2. The molecule has 0 fully saturated rings. The van der Waals surface area contributed by atoms with E-state index >= 15 is 0 Å². The Hall–Kier alpha value is -2.32. The Morgan fingerprint density at radius 3 is 2.76 bits per heavy atom.